The molecule has 1 nitrogen and oxygen atoms in total. The highest BCUT2D eigenvalue weighted by Gasteiger charge is 2.73. The molecule has 0 bridgehead atoms. The van der Waals surface area contributed by atoms with Crippen LogP contribution >= 0.6 is 0 Å². The minimum Gasteiger partial charge on any atom is -0.418 e. The lowest BCUT2D eigenvalue weighted by molar-refractivity contribution is 0.127. The highest BCUT2D eigenvalue weighted by atomic mass is 28.4. The van der Waals surface area contributed by atoms with Crippen molar-refractivity contribution in [2.75, 3.05) is 7.11 Å². The summed E-state index contributed by atoms with van der Waals surface area (Å²) in [5.74, 6) is 0. The normalized spacial score (nSPS) is 16.5. The molecule has 146 valence electrons. The lowest BCUT2D eigenvalue weighted by Gasteiger charge is -2.69. The molecule has 2 heteroatoms. The lowest BCUT2D eigenvalue weighted by Crippen LogP contribution is -2.70. The smallest absolute Gasteiger partial charge is 0.210 e. The van der Waals surface area contributed by atoms with Crippen LogP contribution in [0.2, 0.25) is 15.1 Å². The van der Waals surface area contributed by atoms with Crippen molar-refractivity contribution < 1.29 is 4.43 Å². The van der Waals surface area contributed by atoms with Gasteiger partial charge in [-0.1, -0.05) is 104 Å². The predicted molar refractivity (Wildman–Crippen MR) is 113 cm³/mol. The van der Waals surface area contributed by atoms with Gasteiger partial charge in [0.2, 0.25) is 8.32 Å². The summed E-state index contributed by atoms with van der Waals surface area (Å²) in [7, 11) is -0.358. The molecule has 0 saturated carbocycles. The Bertz CT molecular complexity index is 371. The molecular formula is C22H48OSi. The molecule has 0 rings (SSSR count). The molecule has 0 heterocycles. The third-order valence-corrected chi connectivity index (χ3v) is 16.7. The third-order valence-electron chi connectivity index (χ3n) is 8.57. The fourth-order valence-corrected chi connectivity index (χ4v) is 14.1. The van der Waals surface area contributed by atoms with Crippen molar-refractivity contribution in [1.82, 2.24) is 0 Å². The molecule has 0 aliphatic carbocycles. The van der Waals surface area contributed by atoms with E-state index in [2.05, 4.69) is 104 Å². The zero-order valence-corrected chi connectivity index (χ0v) is 20.9. The molecule has 0 spiro atoms. The van der Waals surface area contributed by atoms with Crippen LogP contribution in [-0.4, -0.2) is 15.4 Å². The van der Waals surface area contributed by atoms with E-state index in [9.17, 15) is 0 Å². The highest BCUT2D eigenvalue weighted by Crippen LogP contribution is 2.75. The molecule has 0 saturated heterocycles. The van der Waals surface area contributed by atoms with E-state index in [-0.39, 0.29) is 31.4 Å². The van der Waals surface area contributed by atoms with Crippen LogP contribution in [0.3, 0.4) is 0 Å². The van der Waals surface area contributed by atoms with Crippen LogP contribution < -0.4 is 0 Å². The minimum atomic E-state index is -2.36. The van der Waals surface area contributed by atoms with E-state index in [1.54, 1.807) is 0 Å². The molecule has 0 aromatic rings. The summed E-state index contributed by atoms with van der Waals surface area (Å²) in [4.78, 5) is 0. The summed E-state index contributed by atoms with van der Waals surface area (Å²) in [6.07, 6.45) is 0. The molecule has 0 aliphatic rings. The second-order valence-electron chi connectivity index (χ2n) is 12.5. The Hall–Kier alpha value is 0.177. The van der Waals surface area contributed by atoms with Crippen LogP contribution in [0, 0.1) is 16.2 Å². The van der Waals surface area contributed by atoms with E-state index in [1.165, 1.54) is 0 Å². The van der Waals surface area contributed by atoms with Gasteiger partial charge >= 0.3 is 0 Å². The Labute approximate surface area is 155 Å². The van der Waals surface area contributed by atoms with Gasteiger partial charge in [-0.3, -0.25) is 0 Å². The summed E-state index contributed by atoms with van der Waals surface area (Å²) in [6.45, 7) is 36.4. The maximum Gasteiger partial charge on any atom is 0.210 e. The first-order chi connectivity index (χ1) is 10.1. The molecule has 0 fully saturated rings. The van der Waals surface area contributed by atoms with Crippen LogP contribution in [0.1, 0.15) is 104 Å². The number of hydrogen-bond acceptors (Lipinski definition) is 1. The average Bonchev–Trinajstić information content (AvgIpc) is 2.24. The summed E-state index contributed by atoms with van der Waals surface area (Å²) < 4.78 is 6.85. The number of rotatable bonds is 4. The van der Waals surface area contributed by atoms with Gasteiger partial charge in [-0.15, -0.1) is 0 Å². The first-order valence-corrected chi connectivity index (χ1v) is 11.5. The molecule has 0 radical (unpaired) electrons. The van der Waals surface area contributed by atoms with Crippen molar-refractivity contribution in [2.24, 2.45) is 16.2 Å². The Morgan fingerprint density at radius 1 is 0.417 bits per heavy atom. The molecule has 0 aromatic carbocycles. The van der Waals surface area contributed by atoms with E-state index < -0.39 is 8.32 Å². The second kappa shape index (κ2) is 6.11. The van der Waals surface area contributed by atoms with Crippen molar-refractivity contribution in [3.63, 3.8) is 0 Å². The molecule has 0 amide bonds. The maximum absolute atomic E-state index is 6.85. The van der Waals surface area contributed by atoms with Crippen LogP contribution in [0.15, 0.2) is 0 Å². The monoisotopic (exact) mass is 356 g/mol. The molecular weight excluding hydrogens is 308 g/mol. The van der Waals surface area contributed by atoms with Gasteiger partial charge in [-0.05, 0) is 31.4 Å². The summed E-state index contributed by atoms with van der Waals surface area (Å²) in [5, 5.41) is 0.299. The third kappa shape index (κ3) is 3.04. The fourth-order valence-electron chi connectivity index (χ4n) is 4.69. The van der Waals surface area contributed by atoms with Gasteiger partial charge in [0, 0.05) is 7.11 Å². The zero-order chi connectivity index (χ0) is 20.2. The van der Waals surface area contributed by atoms with Crippen molar-refractivity contribution in [3.05, 3.63) is 0 Å². The quantitative estimate of drug-likeness (QED) is 0.463. The molecule has 0 unspecified atom stereocenters. The Morgan fingerprint density at radius 3 is 0.667 bits per heavy atom. The van der Waals surface area contributed by atoms with Gasteiger partial charge in [-0.25, -0.2) is 0 Å². The largest absolute Gasteiger partial charge is 0.418 e. The Balaban J connectivity index is 7.22. The van der Waals surface area contributed by atoms with Gasteiger partial charge in [0.15, 0.2) is 0 Å². The van der Waals surface area contributed by atoms with Crippen LogP contribution in [0.25, 0.3) is 0 Å². The van der Waals surface area contributed by atoms with E-state index >= 15 is 0 Å². The van der Waals surface area contributed by atoms with Crippen molar-refractivity contribution in [3.8, 4) is 0 Å². The van der Waals surface area contributed by atoms with Crippen molar-refractivity contribution in [2.45, 2.75) is 119 Å². The summed E-state index contributed by atoms with van der Waals surface area (Å²) in [5.41, 5.74) is 0.501. The van der Waals surface area contributed by atoms with E-state index in [4.69, 9.17) is 4.43 Å². The maximum atomic E-state index is 6.85. The fraction of sp³-hybridized carbons (Fsp3) is 1.00. The van der Waals surface area contributed by atoms with Gasteiger partial charge in [0.1, 0.15) is 0 Å². The van der Waals surface area contributed by atoms with Gasteiger partial charge in [0.05, 0.1) is 0 Å². The molecule has 0 atom stereocenters. The topological polar surface area (TPSA) is 9.23 Å². The van der Waals surface area contributed by atoms with Crippen LogP contribution in [0.4, 0.5) is 0 Å². The predicted octanol–water partition coefficient (Wildman–Crippen LogP) is 8.06. The summed E-state index contributed by atoms with van der Waals surface area (Å²) >= 11 is 0. The van der Waals surface area contributed by atoms with E-state index in [0.717, 1.165) is 0 Å². The average molecular weight is 357 g/mol. The minimum absolute atomic E-state index is 0.0995. The van der Waals surface area contributed by atoms with Crippen molar-refractivity contribution in [1.29, 1.82) is 0 Å². The highest BCUT2D eigenvalue weighted by molar-refractivity contribution is 6.82. The standard InChI is InChI=1S/C22H48OSi/c1-17(2,3)20(10,11)24(23-16,21(12,13)18(4,5)6)22(14,15)19(7,8)9/h1-16H3. The van der Waals surface area contributed by atoms with Gasteiger partial charge < -0.3 is 4.43 Å². The molecule has 0 aromatic heterocycles. The Morgan fingerprint density at radius 2 is 0.583 bits per heavy atom. The second-order valence-corrected chi connectivity index (χ2v) is 18.0. The van der Waals surface area contributed by atoms with Gasteiger partial charge in [0.25, 0.3) is 0 Å². The van der Waals surface area contributed by atoms with E-state index in [1.807, 2.05) is 7.11 Å². The van der Waals surface area contributed by atoms with Crippen LogP contribution in [0.5, 0.6) is 0 Å². The summed E-state index contributed by atoms with van der Waals surface area (Å²) in [6, 6.07) is 0. The Kier molecular flexibility index (Phi) is 6.16. The van der Waals surface area contributed by atoms with E-state index in [0.29, 0.717) is 0 Å². The first kappa shape index (κ1) is 24.2. The van der Waals surface area contributed by atoms with Crippen molar-refractivity contribution >= 4 is 8.32 Å². The molecule has 24 heavy (non-hydrogen) atoms. The zero-order valence-electron chi connectivity index (χ0n) is 19.9. The molecule has 0 aliphatic heterocycles. The van der Waals surface area contributed by atoms with Crippen LogP contribution in [-0.2, 0) is 4.43 Å². The number of hydrogen-bond donors (Lipinski definition) is 0. The SMILES string of the molecule is CO[Si](C(C)(C)C(C)(C)C)(C(C)(C)C(C)(C)C)C(C)(C)C(C)(C)C. The van der Waals surface area contributed by atoms with Gasteiger partial charge in [-0.2, -0.15) is 0 Å². The lowest BCUT2D eigenvalue weighted by atomic mass is 9.79. The molecule has 0 N–H and O–H groups in total. The first-order valence-electron chi connectivity index (χ1n) is 9.61.